The first-order valence-corrected chi connectivity index (χ1v) is 4.48. The van der Waals surface area contributed by atoms with Crippen molar-refractivity contribution < 1.29 is 4.92 Å². The average Bonchev–Trinajstić information content (AvgIpc) is 2.03. The Morgan fingerprint density at radius 1 is 1.54 bits per heavy atom. The summed E-state index contributed by atoms with van der Waals surface area (Å²) in [6.07, 6.45) is 1.72. The number of nitro groups is 1. The fraction of sp³-hybridized carbons (Fsp3) is 0.111. The molecule has 0 aliphatic rings. The molecule has 0 fully saturated rings. The van der Waals surface area contributed by atoms with Crippen LogP contribution < -0.4 is 0 Å². The summed E-state index contributed by atoms with van der Waals surface area (Å²) < 4.78 is 0.863. The van der Waals surface area contributed by atoms with Crippen LogP contribution in [-0.4, -0.2) is 4.92 Å². The maximum Gasteiger partial charge on any atom is 0.276 e. The molecule has 0 heterocycles. The van der Waals surface area contributed by atoms with Crippen molar-refractivity contribution in [3.8, 4) is 0 Å². The van der Waals surface area contributed by atoms with Crippen molar-refractivity contribution in [2.24, 2.45) is 0 Å². The van der Waals surface area contributed by atoms with Crippen molar-refractivity contribution in [1.29, 1.82) is 0 Å². The number of nitrogens with zero attached hydrogens (tertiary/aromatic N) is 1. The highest BCUT2D eigenvalue weighted by Crippen LogP contribution is 2.21. The molecule has 1 aromatic rings. The molecule has 0 aliphatic carbocycles. The zero-order valence-electron chi connectivity index (χ0n) is 7.03. The summed E-state index contributed by atoms with van der Waals surface area (Å²) in [5.74, 6) is 0. The Kier molecular flexibility index (Phi) is 3.19. The Morgan fingerprint density at radius 2 is 2.15 bits per heavy atom. The molecule has 4 heteroatoms. The fourth-order valence-electron chi connectivity index (χ4n) is 0.990. The lowest BCUT2D eigenvalue weighted by Gasteiger charge is -1.96. The van der Waals surface area contributed by atoms with Crippen molar-refractivity contribution in [1.82, 2.24) is 0 Å². The molecule has 0 radical (unpaired) electrons. The summed E-state index contributed by atoms with van der Waals surface area (Å²) in [5.41, 5.74) is 0.739. The molecule has 3 nitrogen and oxygen atoms in total. The second kappa shape index (κ2) is 4.18. The van der Waals surface area contributed by atoms with Crippen LogP contribution in [0, 0.1) is 10.1 Å². The van der Waals surface area contributed by atoms with Crippen molar-refractivity contribution >= 4 is 27.7 Å². The largest absolute Gasteiger partial charge is 0.276 e. The minimum Gasteiger partial charge on any atom is -0.258 e. The van der Waals surface area contributed by atoms with Crippen LogP contribution in [0.25, 0.3) is 6.08 Å². The third-order valence-electron chi connectivity index (χ3n) is 1.49. The first-order chi connectivity index (χ1) is 6.11. The van der Waals surface area contributed by atoms with Gasteiger partial charge in [-0.3, -0.25) is 10.1 Å². The van der Waals surface area contributed by atoms with E-state index in [-0.39, 0.29) is 10.6 Å². The van der Waals surface area contributed by atoms with E-state index in [0.29, 0.717) is 5.56 Å². The lowest BCUT2D eigenvalue weighted by atomic mass is 10.2. The summed E-state index contributed by atoms with van der Waals surface area (Å²) >= 11 is 3.23. The Balaban J connectivity index is 3.20. The molecule has 0 unspecified atom stereocenters. The average molecular weight is 242 g/mol. The van der Waals surface area contributed by atoms with Crippen LogP contribution in [0.3, 0.4) is 0 Å². The van der Waals surface area contributed by atoms with Crippen molar-refractivity contribution in [2.75, 3.05) is 0 Å². The standard InChI is InChI=1S/C9H8BrNO2/c1-7(10)6-8-4-2-3-5-9(8)11(12)13/h2-6H,1H3/b7-6-. The number of allylic oxidation sites excluding steroid dienone is 1. The molecule has 0 amide bonds. The Labute approximate surface area is 84.4 Å². The van der Waals surface area contributed by atoms with E-state index in [0.717, 1.165) is 4.48 Å². The number of para-hydroxylation sites is 1. The number of hydrogen-bond donors (Lipinski definition) is 0. The third-order valence-corrected chi connectivity index (χ3v) is 1.72. The van der Waals surface area contributed by atoms with E-state index in [1.807, 2.05) is 6.92 Å². The van der Waals surface area contributed by atoms with Gasteiger partial charge in [-0.25, -0.2) is 0 Å². The molecule has 1 rings (SSSR count). The first kappa shape index (κ1) is 9.92. The number of hydrogen-bond acceptors (Lipinski definition) is 2. The van der Waals surface area contributed by atoms with Gasteiger partial charge in [0.1, 0.15) is 0 Å². The van der Waals surface area contributed by atoms with Crippen LogP contribution in [0.2, 0.25) is 0 Å². The molecular weight excluding hydrogens is 234 g/mol. The highest BCUT2D eigenvalue weighted by atomic mass is 79.9. The van der Waals surface area contributed by atoms with Gasteiger partial charge in [-0.2, -0.15) is 0 Å². The van der Waals surface area contributed by atoms with Gasteiger partial charge in [-0.15, -0.1) is 0 Å². The Morgan fingerprint density at radius 3 is 2.69 bits per heavy atom. The lowest BCUT2D eigenvalue weighted by Crippen LogP contribution is -1.90. The lowest BCUT2D eigenvalue weighted by molar-refractivity contribution is -0.385. The molecule has 0 aliphatic heterocycles. The van der Waals surface area contributed by atoms with Gasteiger partial charge in [-0.05, 0) is 23.5 Å². The minimum atomic E-state index is -0.387. The van der Waals surface area contributed by atoms with Gasteiger partial charge in [0.15, 0.2) is 0 Å². The number of rotatable bonds is 2. The summed E-state index contributed by atoms with van der Waals surface area (Å²) in [4.78, 5) is 10.2. The van der Waals surface area contributed by atoms with E-state index < -0.39 is 0 Å². The van der Waals surface area contributed by atoms with Crippen molar-refractivity contribution in [3.05, 3.63) is 44.4 Å². The molecule has 0 N–H and O–H groups in total. The van der Waals surface area contributed by atoms with Crippen LogP contribution >= 0.6 is 15.9 Å². The van der Waals surface area contributed by atoms with Gasteiger partial charge < -0.3 is 0 Å². The highest BCUT2D eigenvalue weighted by molar-refractivity contribution is 9.11. The quantitative estimate of drug-likeness (QED) is 0.589. The fourth-order valence-corrected chi connectivity index (χ4v) is 1.24. The molecular formula is C9H8BrNO2. The van der Waals surface area contributed by atoms with Crippen LogP contribution in [0.15, 0.2) is 28.7 Å². The molecule has 0 saturated heterocycles. The predicted molar refractivity (Wildman–Crippen MR) is 55.7 cm³/mol. The molecule has 1 aromatic carbocycles. The predicted octanol–water partition coefficient (Wildman–Crippen LogP) is 3.35. The number of nitro benzene ring substituents is 1. The van der Waals surface area contributed by atoms with E-state index in [9.17, 15) is 10.1 Å². The number of halogens is 1. The maximum absolute atomic E-state index is 10.6. The third kappa shape index (κ3) is 2.66. The van der Waals surface area contributed by atoms with E-state index in [1.165, 1.54) is 6.07 Å². The zero-order chi connectivity index (χ0) is 9.84. The van der Waals surface area contributed by atoms with Crippen LogP contribution in [-0.2, 0) is 0 Å². The molecule has 13 heavy (non-hydrogen) atoms. The van der Waals surface area contributed by atoms with E-state index in [2.05, 4.69) is 15.9 Å². The summed E-state index contributed by atoms with van der Waals surface area (Å²) in [5, 5.41) is 10.6. The van der Waals surface area contributed by atoms with Gasteiger partial charge in [0.05, 0.1) is 10.5 Å². The van der Waals surface area contributed by atoms with E-state index >= 15 is 0 Å². The molecule has 0 spiro atoms. The summed E-state index contributed by atoms with van der Waals surface area (Å²) in [6, 6.07) is 6.62. The van der Waals surface area contributed by atoms with Gasteiger partial charge >= 0.3 is 0 Å². The molecule has 68 valence electrons. The van der Waals surface area contributed by atoms with Crippen LogP contribution in [0.1, 0.15) is 12.5 Å². The van der Waals surface area contributed by atoms with Gasteiger partial charge in [0.2, 0.25) is 0 Å². The molecule has 0 atom stereocenters. The van der Waals surface area contributed by atoms with Crippen LogP contribution in [0.5, 0.6) is 0 Å². The van der Waals surface area contributed by atoms with Crippen molar-refractivity contribution in [3.63, 3.8) is 0 Å². The topological polar surface area (TPSA) is 43.1 Å². The number of benzene rings is 1. The normalized spacial score (nSPS) is 11.4. The van der Waals surface area contributed by atoms with Gasteiger partial charge in [0, 0.05) is 6.07 Å². The zero-order valence-corrected chi connectivity index (χ0v) is 8.61. The second-order valence-electron chi connectivity index (χ2n) is 2.55. The molecule has 0 aromatic heterocycles. The first-order valence-electron chi connectivity index (χ1n) is 3.68. The Bertz CT molecular complexity index is 356. The monoisotopic (exact) mass is 241 g/mol. The second-order valence-corrected chi connectivity index (χ2v) is 3.80. The summed E-state index contributed by atoms with van der Waals surface area (Å²) in [6.45, 7) is 1.83. The Hall–Kier alpha value is -1.16. The van der Waals surface area contributed by atoms with Crippen molar-refractivity contribution in [2.45, 2.75) is 6.92 Å². The molecule has 0 saturated carbocycles. The van der Waals surface area contributed by atoms with E-state index in [1.54, 1.807) is 24.3 Å². The maximum atomic E-state index is 10.6. The molecule has 0 bridgehead atoms. The van der Waals surface area contributed by atoms with Crippen LogP contribution in [0.4, 0.5) is 5.69 Å². The smallest absolute Gasteiger partial charge is 0.258 e. The highest BCUT2D eigenvalue weighted by Gasteiger charge is 2.09. The minimum absolute atomic E-state index is 0.126. The SMILES string of the molecule is C/C(Br)=C/c1ccccc1[N+](=O)[O-]. The van der Waals surface area contributed by atoms with Gasteiger partial charge in [0.25, 0.3) is 5.69 Å². The summed E-state index contributed by atoms with van der Waals surface area (Å²) in [7, 11) is 0. The van der Waals surface area contributed by atoms with Gasteiger partial charge in [-0.1, -0.05) is 28.1 Å². The van der Waals surface area contributed by atoms with E-state index in [4.69, 9.17) is 0 Å².